The van der Waals surface area contributed by atoms with E-state index in [1.807, 2.05) is 17.9 Å². The first-order valence-corrected chi connectivity index (χ1v) is 8.45. The molecule has 22 heavy (non-hydrogen) atoms. The Hall–Kier alpha value is -1.78. The lowest BCUT2D eigenvalue weighted by molar-refractivity contribution is 0.674. The highest BCUT2D eigenvalue weighted by atomic mass is 15.2. The van der Waals surface area contributed by atoms with Crippen LogP contribution in [0.3, 0.4) is 0 Å². The lowest BCUT2D eigenvalue weighted by Crippen LogP contribution is -2.38. The molecule has 0 atom stereocenters. The molecule has 0 spiro atoms. The minimum Gasteiger partial charge on any atom is -0.357 e. The second kappa shape index (κ2) is 9.28. The van der Waals surface area contributed by atoms with E-state index in [1.54, 1.807) is 5.57 Å². The van der Waals surface area contributed by atoms with Crippen LogP contribution in [0.2, 0.25) is 0 Å². The van der Waals surface area contributed by atoms with E-state index in [0.29, 0.717) is 0 Å². The van der Waals surface area contributed by atoms with Crippen molar-refractivity contribution in [1.82, 2.24) is 20.4 Å². The van der Waals surface area contributed by atoms with Crippen LogP contribution in [0, 0.1) is 0 Å². The Morgan fingerprint density at radius 3 is 2.91 bits per heavy atom. The molecule has 1 aliphatic carbocycles. The van der Waals surface area contributed by atoms with Gasteiger partial charge in [0.05, 0.1) is 6.20 Å². The number of hydrogen-bond donors (Lipinski definition) is 2. The average Bonchev–Trinajstić information content (AvgIpc) is 2.94. The molecule has 0 fully saturated rings. The van der Waals surface area contributed by atoms with Crippen molar-refractivity contribution in [3.05, 3.63) is 29.6 Å². The number of rotatable bonds is 7. The van der Waals surface area contributed by atoms with Gasteiger partial charge in [-0.3, -0.25) is 9.67 Å². The maximum Gasteiger partial charge on any atom is 0.191 e. The monoisotopic (exact) mass is 303 g/mol. The van der Waals surface area contributed by atoms with Crippen LogP contribution in [0.25, 0.3) is 0 Å². The average molecular weight is 303 g/mol. The summed E-state index contributed by atoms with van der Waals surface area (Å²) in [6.45, 7) is 4.73. The van der Waals surface area contributed by atoms with Gasteiger partial charge in [0.2, 0.25) is 0 Å². The number of guanidine groups is 1. The van der Waals surface area contributed by atoms with Crippen molar-refractivity contribution in [2.75, 3.05) is 19.6 Å². The molecule has 5 heteroatoms. The van der Waals surface area contributed by atoms with Gasteiger partial charge in [0.1, 0.15) is 0 Å². The quantitative estimate of drug-likeness (QED) is 0.462. The Balaban J connectivity index is 1.73. The normalized spacial score (nSPS) is 15.5. The molecule has 1 aromatic rings. The Bertz CT molecular complexity index is 501. The predicted molar refractivity (Wildman–Crippen MR) is 92.1 cm³/mol. The first kappa shape index (κ1) is 16.6. The van der Waals surface area contributed by atoms with Crippen molar-refractivity contribution in [3.8, 4) is 0 Å². The van der Waals surface area contributed by atoms with E-state index in [2.05, 4.69) is 39.9 Å². The fourth-order valence-corrected chi connectivity index (χ4v) is 2.71. The number of hydrogen-bond acceptors (Lipinski definition) is 2. The summed E-state index contributed by atoms with van der Waals surface area (Å²) in [5.74, 6) is 0.919. The third-order valence-corrected chi connectivity index (χ3v) is 3.90. The van der Waals surface area contributed by atoms with Crippen LogP contribution in [-0.2, 0) is 13.5 Å². The summed E-state index contributed by atoms with van der Waals surface area (Å²) < 4.78 is 1.84. The summed E-state index contributed by atoms with van der Waals surface area (Å²) in [7, 11) is 1.95. The molecular weight excluding hydrogens is 274 g/mol. The fourth-order valence-electron chi connectivity index (χ4n) is 2.71. The van der Waals surface area contributed by atoms with Crippen LogP contribution in [0.1, 0.15) is 44.6 Å². The highest BCUT2D eigenvalue weighted by Gasteiger charge is 2.03. The second-order valence-corrected chi connectivity index (χ2v) is 5.82. The van der Waals surface area contributed by atoms with Crippen molar-refractivity contribution in [2.45, 2.75) is 45.4 Å². The van der Waals surface area contributed by atoms with Gasteiger partial charge < -0.3 is 10.6 Å². The highest BCUT2D eigenvalue weighted by Crippen LogP contribution is 2.19. The predicted octanol–water partition coefficient (Wildman–Crippen LogP) is 2.41. The van der Waals surface area contributed by atoms with Crippen LogP contribution in [0.15, 0.2) is 29.0 Å². The molecule has 0 unspecified atom stereocenters. The third kappa shape index (κ3) is 5.92. The van der Waals surface area contributed by atoms with Gasteiger partial charge >= 0.3 is 0 Å². The molecule has 1 aromatic heterocycles. The Morgan fingerprint density at radius 2 is 2.23 bits per heavy atom. The standard InChI is InChI=1S/C17H29N5/c1-3-18-17(19-11-9-15-7-5-4-6-8-15)20-12-10-16-13-21-22(2)14-16/h7,13-14H,3-6,8-12H2,1-2H3,(H2,18,19,20). The molecule has 5 nitrogen and oxygen atoms in total. The van der Waals surface area contributed by atoms with Gasteiger partial charge in [0.15, 0.2) is 5.96 Å². The number of nitrogens with one attached hydrogen (secondary N) is 2. The van der Waals surface area contributed by atoms with Gasteiger partial charge in [-0.2, -0.15) is 5.10 Å². The van der Waals surface area contributed by atoms with Crippen molar-refractivity contribution < 1.29 is 0 Å². The van der Waals surface area contributed by atoms with Crippen LogP contribution in [-0.4, -0.2) is 35.4 Å². The van der Waals surface area contributed by atoms with Gasteiger partial charge in [-0.1, -0.05) is 11.6 Å². The van der Waals surface area contributed by atoms with E-state index in [9.17, 15) is 0 Å². The highest BCUT2D eigenvalue weighted by molar-refractivity contribution is 5.79. The zero-order valence-electron chi connectivity index (χ0n) is 13.9. The molecule has 0 saturated heterocycles. The topological polar surface area (TPSA) is 54.2 Å². The molecule has 1 heterocycles. The van der Waals surface area contributed by atoms with E-state index in [4.69, 9.17) is 0 Å². The summed E-state index contributed by atoms with van der Waals surface area (Å²) in [4.78, 5) is 4.68. The van der Waals surface area contributed by atoms with Crippen molar-refractivity contribution >= 4 is 5.96 Å². The first-order valence-electron chi connectivity index (χ1n) is 8.45. The van der Waals surface area contributed by atoms with Crippen LogP contribution in [0.5, 0.6) is 0 Å². The molecule has 0 saturated carbocycles. The van der Waals surface area contributed by atoms with Crippen LogP contribution < -0.4 is 10.6 Å². The largest absolute Gasteiger partial charge is 0.357 e. The number of aromatic nitrogens is 2. The summed E-state index contributed by atoms with van der Waals surface area (Å²) in [5, 5.41) is 10.9. The second-order valence-electron chi connectivity index (χ2n) is 5.82. The maximum atomic E-state index is 4.68. The molecule has 0 aliphatic heterocycles. The van der Waals surface area contributed by atoms with Crippen molar-refractivity contribution in [2.24, 2.45) is 12.0 Å². The summed E-state index contributed by atoms with van der Waals surface area (Å²) in [5.41, 5.74) is 2.83. The molecule has 0 bridgehead atoms. The van der Waals surface area contributed by atoms with Crippen LogP contribution >= 0.6 is 0 Å². The zero-order chi connectivity index (χ0) is 15.6. The minimum absolute atomic E-state index is 0.869. The van der Waals surface area contributed by atoms with Gasteiger partial charge in [0.25, 0.3) is 0 Å². The number of aliphatic imine (C=N–C) groups is 1. The summed E-state index contributed by atoms with van der Waals surface area (Å²) >= 11 is 0. The van der Waals surface area contributed by atoms with E-state index in [0.717, 1.165) is 38.4 Å². The summed E-state index contributed by atoms with van der Waals surface area (Å²) in [6.07, 6.45) is 13.7. The van der Waals surface area contributed by atoms with Gasteiger partial charge in [-0.15, -0.1) is 0 Å². The van der Waals surface area contributed by atoms with E-state index >= 15 is 0 Å². The molecular formula is C17H29N5. The molecule has 2 N–H and O–H groups in total. The van der Waals surface area contributed by atoms with Gasteiger partial charge in [-0.05, 0) is 51.0 Å². The molecule has 0 aromatic carbocycles. The Labute approximate surface area is 133 Å². The molecule has 0 amide bonds. The lowest BCUT2D eigenvalue weighted by Gasteiger charge is -2.13. The maximum absolute atomic E-state index is 4.68. The first-order chi connectivity index (χ1) is 10.8. The molecule has 0 radical (unpaired) electrons. The van der Waals surface area contributed by atoms with Crippen molar-refractivity contribution in [1.29, 1.82) is 0 Å². The SMILES string of the molecule is CCNC(=NCCC1=CCCCC1)NCCc1cnn(C)c1. The Kier molecular flexibility index (Phi) is 7.00. The number of aryl methyl sites for hydroxylation is 1. The smallest absolute Gasteiger partial charge is 0.191 e. The zero-order valence-corrected chi connectivity index (χ0v) is 13.9. The number of allylic oxidation sites excluding steroid dienone is 1. The minimum atomic E-state index is 0.869. The molecule has 122 valence electrons. The molecule has 2 rings (SSSR count). The van der Waals surface area contributed by atoms with Gasteiger partial charge in [-0.25, -0.2) is 0 Å². The lowest BCUT2D eigenvalue weighted by atomic mass is 9.97. The number of nitrogens with zero attached hydrogens (tertiary/aromatic N) is 3. The van der Waals surface area contributed by atoms with Crippen molar-refractivity contribution in [3.63, 3.8) is 0 Å². The fraction of sp³-hybridized carbons (Fsp3) is 0.647. The van der Waals surface area contributed by atoms with Gasteiger partial charge in [0, 0.05) is 32.9 Å². The summed E-state index contributed by atoms with van der Waals surface area (Å²) in [6, 6.07) is 0. The van der Waals surface area contributed by atoms with E-state index in [-0.39, 0.29) is 0 Å². The third-order valence-electron chi connectivity index (χ3n) is 3.90. The van der Waals surface area contributed by atoms with E-state index < -0.39 is 0 Å². The van der Waals surface area contributed by atoms with Crippen LogP contribution in [0.4, 0.5) is 0 Å². The Morgan fingerprint density at radius 1 is 1.32 bits per heavy atom. The molecule has 1 aliphatic rings. The van der Waals surface area contributed by atoms with E-state index in [1.165, 1.54) is 31.2 Å².